The zero-order valence-corrected chi connectivity index (χ0v) is 33.2. The Morgan fingerprint density at radius 1 is 0.912 bits per heavy atom. The van der Waals surface area contributed by atoms with Crippen molar-refractivity contribution in [2.45, 2.75) is 75.5 Å². The molecule has 4 rings (SSSR count). The minimum atomic E-state index is -4.72. The molecule has 0 spiro atoms. The summed E-state index contributed by atoms with van der Waals surface area (Å²) in [5.41, 5.74) is 4.23. The van der Waals surface area contributed by atoms with E-state index in [4.69, 9.17) is 17.3 Å². The van der Waals surface area contributed by atoms with Crippen LogP contribution in [0.1, 0.15) is 66.8 Å². The number of nitrogens with one attached hydrogen (secondary N) is 2. The summed E-state index contributed by atoms with van der Waals surface area (Å²) in [6.45, 7) is 4.85. The van der Waals surface area contributed by atoms with E-state index in [9.17, 15) is 42.3 Å². The number of nitrogens with zero attached hydrogens (tertiary/aromatic N) is 2. The first-order chi connectivity index (χ1) is 26.6. The Labute approximate surface area is 333 Å². The second-order valence-electron chi connectivity index (χ2n) is 14.5. The average Bonchev–Trinajstić information content (AvgIpc) is 3.51. The average molecular weight is 832 g/mol. The van der Waals surface area contributed by atoms with Crippen molar-refractivity contribution in [1.29, 1.82) is 0 Å². The molecule has 1 aliphatic rings. The van der Waals surface area contributed by atoms with E-state index in [1.165, 1.54) is 52.0 Å². The highest BCUT2D eigenvalue weighted by Gasteiger charge is 2.72. The molecule has 0 bridgehead atoms. The van der Waals surface area contributed by atoms with E-state index in [0.29, 0.717) is 0 Å². The van der Waals surface area contributed by atoms with Crippen molar-refractivity contribution >= 4 is 57.0 Å². The Morgan fingerprint density at radius 2 is 1.49 bits per heavy atom. The maximum atomic E-state index is 15.9. The molecule has 1 saturated heterocycles. The molecule has 0 saturated carbocycles. The van der Waals surface area contributed by atoms with Crippen molar-refractivity contribution < 1.29 is 55.6 Å². The van der Waals surface area contributed by atoms with Crippen LogP contribution in [0.15, 0.2) is 83.8 Å². The predicted octanol–water partition coefficient (Wildman–Crippen LogP) is 3.69. The van der Waals surface area contributed by atoms with Crippen molar-refractivity contribution in [2.24, 2.45) is 17.6 Å². The second-order valence-corrected chi connectivity index (χ2v) is 16.6. The summed E-state index contributed by atoms with van der Waals surface area (Å²) in [5, 5.41) is 16.9. The van der Waals surface area contributed by atoms with Gasteiger partial charge >= 0.3 is 17.8 Å². The highest BCUT2D eigenvalue weighted by atomic mass is 35.5. The number of hydrogen-bond acceptors (Lipinski definition) is 9. The number of benzene rings is 3. The van der Waals surface area contributed by atoms with Crippen LogP contribution in [0.3, 0.4) is 0 Å². The van der Waals surface area contributed by atoms with Gasteiger partial charge in [-0.3, -0.25) is 24.9 Å². The Morgan fingerprint density at radius 3 is 2.04 bits per heavy atom. The van der Waals surface area contributed by atoms with Gasteiger partial charge in [-0.25, -0.2) is 32.5 Å². The van der Waals surface area contributed by atoms with Crippen LogP contribution in [-0.4, -0.2) is 90.1 Å². The summed E-state index contributed by atoms with van der Waals surface area (Å²) >= 11 is 5.81. The zero-order chi connectivity index (χ0) is 42.5. The number of alkyl halides is 2. The Kier molecular flexibility index (Phi) is 13.8. The number of rotatable bonds is 16. The molecule has 1 fully saturated rings. The fourth-order valence-electron chi connectivity index (χ4n) is 7.04. The molecule has 4 atom stereocenters. The Hall–Kier alpha value is -5.10. The van der Waals surface area contributed by atoms with Crippen LogP contribution in [0.4, 0.5) is 8.78 Å². The monoisotopic (exact) mass is 831 g/mol. The van der Waals surface area contributed by atoms with Gasteiger partial charge in [0.25, 0.3) is 39.2 Å². The topological polar surface area (TPSA) is 221 Å². The van der Waals surface area contributed by atoms with Gasteiger partial charge in [0.2, 0.25) is 0 Å². The molecule has 3 aromatic carbocycles. The number of carboxylic acids is 1. The van der Waals surface area contributed by atoms with E-state index in [0.717, 1.165) is 29.8 Å². The van der Waals surface area contributed by atoms with E-state index in [1.54, 1.807) is 30.3 Å². The van der Waals surface area contributed by atoms with Crippen LogP contribution in [-0.2, 0) is 35.6 Å². The van der Waals surface area contributed by atoms with Gasteiger partial charge in [0.05, 0.1) is 11.4 Å². The maximum Gasteiger partial charge on any atom is 0.387 e. The number of carbonyl (C=O) groups is 6. The molecule has 14 nitrogen and oxygen atoms in total. The van der Waals surface area contributed by atoms with Crippen LogP contribution < -0.4 is 21.1 Å². The van der Waals surface area contributed by atoms with Gasteiger partial charge in [-0.2, -0.15) is 8.78 Å². The summed E-state index contributed by atoms with van der Waals surface area (Å²) in [4.78, 5) is 80.8. The number of aliphatic carboxylic acids is 1. The number of carbonyl (C=O) groups excluding carboxylic acids is 5. The molecule has 305 valence electrons. The lowest BCUT2D eigenvalue weighted by Gasteiger charge is -2.49. The number of likely N-dealkylation sites (tertiary alicyclic amines) is 1. The Balaban J connectivity index is 1.62. The van der Waals surface area contributed by atoms with Crippen molar-refractivity contribution in [3.63, 3.8) is 0 Å². The third kappa shape index (κ3) is 9.22. The SMILES string of the molecule is CC(C)C(C(=O)C(F)(F)C(=O)NCCc1ccccc1)[N+]1(C(=O)[C@@H]([N]C(=O)c2ccc(C(=O)NS(=O)(=O)c3ccc(Cl)cc3)cc2)C(C)C)CCC[C@@]1(N)C(=O)O. The lowest BCUT2D eigenvalue weighted by Crippen LogP contribution is -2.81. The molecule has 3 aromatic rings. The standard InChI is InChI=1S/C39H43ClF2N5O9S/c1-23(2)30(45-33(49)26-11-13-27(14-12-26)34(50)46-57(55,56)29-17-15-28(40)16-18-29)35(51)47(22-8-20-38(47,43)37(53)54)31(24(3)4)32(48)39(41,42)36(52)44-21-19-25-9-6-5-7-10-25/h5-7,9-18,23-24,30-31H,8,19-22,43H2,1-4H3,(H2-,44,46,50,52,53,54)/p+1/t30-,31?,38-,47?/m0/s1. The molecule has 0 aromatic heterocycles. The van der Waals surface area contributed by atoms with Crippen LogP contribution in [0.2, 0.25) is 5.02 Å². The van der Waals surface area contributed by atoms with Crippen molar-refractivity contribution in [3.8, 4) is 0 Å². The summed E-state index contributed by atoms with van der Waals surface area (Å²) in [6, 6.07) is 14.3. The molecule has 57 heavy (non-hydrogen) atoms. The highest BCUT2D eigenvalue weighted by molar-refractivity contribution is 7.90. The van der Waals surface area contributed by atoms with E-state index in [1.807, 2.05) is 4.72 Å². The minimum Gasteiger partial charge on any atom is -0.476 e. The van der Waals surface area contributed by atoms with Gasteiger partial charge in [0.1, 0.15) is 0 Å². The number of sulfonamides is 1. The molecule has 1 radical (unpaired) electrons. The third-order valence-electron chi connectivity index (χ3n) is 9.94. The molecule has 18 heteroatoms. The number of nitrogens with two attached hydrogens (primary N) is 1. The molecular weight excluding hydrogens is 788 g/mol. The zero-order valence-electron chi connectivity index (χ0n) is 31.6. The third-order valence-corrected chi connectivity index (χ3v) is 11.5. The number of quaternary nitrogens is 1. The number of amides is 4. The normalized spacial score (nSPS) is 19.4. The van der Waals surface area contributed by atoms with Gasteiger partial charge in [-0.1, -0.05) is 69.6 Å². The summed E-state index contributed by atoms with van der Waals surface area (Å²) in [7, 11) is -4.29. The summed E-state index contributed by atoms with van der Waals surface area (Å²) in [6.07, 6.45) is -0.326. The van der Waals surface area contributed by atoms with Gasteiger partial charge in [-0.05, 0) is 66.4 Å². The predicted molar refractivity (Wildman–Crippen MR) is 203 cm³/mol. The van der Waals surface area contributed by atoms with Gasteiger partial charge in [0, 0.05) is 41.5 Å². The van der Waals surface area contributed by atoms with E-state index in [2.05, 4.69) is 10.6 Å². The fraction of sp³-hybridized carbons (Fsp3) is 0.385. The van der Waals surface area contributed by atoms with Crippen LogP contribution in [0, 0.1) is 11.8 Å². The first kappa shape index (κ1) is 44.6. The molecule has 5 N–H and O–H groups in total. The molecule has 2 unspecified atom stereocenters. The molecule has 0 aliphatic carbocycles. The molecular formula is C39H44ClF2N5O9S+. The van der Waals surface area contributed by atoms with Crippen molar-refractivity contribution in [1.82, 2.24) is 15.4 Å². The minimum absolute atomic E-state index is 0.0874. The number of hydrogen-bond donors (Lipinski definition) is 4. The quantitative estimate of drug-likeness (QED) is 0.121. The van der Waals surface area contributed by atoms with Crippen LogP contribution in [0.25, 0.3) is 0 Å². The number of Topliss-reactive ketones (excluding diaryl/α,β-unsaturated/α-hetero) is 1. The molecule has 4 amide bonds. The fourth-order valence-corrected chi connectivity index (χ4v) is 8.14. The summed E-state index contributed by atoms with van der Waals surface area (Å²) in [5.74, 6) is -15.7. The lowest BCUT2D eigenvalue weighted by molar-refractivity contribution is -0.903. The van der Waals surface area contributed by atoms with Crippen molar-refractivity contribution in [2.75, 3.05) is 13.1 Å². The number of carboxylic acid groups (broad SMARTS) is 1. The van der Waals surface area contributed by atoms with Crippen LogP contribution in [0.5, 0.6) is 0 Å². The smallest absolute Gasteiger partial charge is 0.387 e. The second kappa shape index (κ2) is 17.6. The number of ketones is 1. The van der Waals surface area contributed by atoms with Gasteiger partial charge in [-0.15, -0.1) is 0 Å². The van der Waals surface area contributed by atoms with Crippen LogP contribution >= 0.6 is 11.6 Å². The Bertz CT molecular complexity index is 2120. The van der Waals surface area contributed by atoms with Gasteiger partial charge in [0.15, 0.2) is 12.1 Å². The first-order valence-corrected chi connectivity index (χ1v) is 19.8. The first-order valence-electron chi connectivity index (χ1n) is 18.0. The molecule has 1 heterocycles. The highest BCUT2D eigenvalue weighted by Crippen LogP contribution is 2.43. The van der Waals surface area contributed by atoms with E-state index < -0.39 is 98.4 Å². The number of halogens is 3. The maximum absolute atomic E-state index is 15.9. The summed E-state index contributed by atoms with van der Waals surface area (Å²) < 4.78 is 57.6. The van der Waals surface area contributed by atoms with Gasteiger partial charge < -0.3 is 10.4 Å². The van der Waals surface area contributed by atoms with Crippen molar-refractivity contribution in [3.05, 3.63) is 101 Å². The van der Waals surface area contributed by atoms with E-state index in [-0.39, 0.29) is 40.4 Å². The lowest BCUT2D eigenvalue weighted by atomic mass is 9.86. The molecule has 1 aliphatic heterocycles. The largest absolute Gasteiger partial charge is 0.476 e. The van der Waals surface area contributed by atoms with E-state index >= 15 is 8.78 Å².